The van der Waals surface area contributed by atoms with Gasteiger partial charge in [0, 0.05) is 26.2 Å². The van der Waals surface area contributed by atoms with E-state index in [1.807, 2.05) is 4.90 Å². The molecule has 1 saturated carbocycles. The van der Waals surface area contributed by atoms with Crippen molar-refractivity contribution in [3.05, 3.63) is 17.8 Å². The van der Waals surface area contributed by atoms with Crippen molar-refractivity contribution in [2.75, 3.05) is 26.8 Å². The van der Waals surface area contributed by atoms with Gasteiger partial charge < -0.3 is 19.4 Å². The van der Waals surface area contributed by atoms with Crippen LogP contribution < -0.4 is 5.32 Å². The lowest BCUT2D eigenvalue weighted by Crippen LogP contribution is -2.60. The van der Waals surface area contributed by atoms with Gasteiger partial charge in [0.25, 0.3) is 5.91 Å². The van der Waals surface area contributed by atoms with Gasteiger partial charge in [-0.05, 0) is 38.0 Å². The Morgan fingerprint density at radius 3 is 2.70 bits per heavy atom. The highest BCUT2D eigenvalue weighted by atomic mass is 16.5. The quantitative estimate of drug-likeness (QED) is 0.898. The number of nitrogens with one attached hydrogen (secondary N) is 1. The van der Waals surface area contributed by atoms with Crippen molar-refractivity contribution in [1.29, 1.82) is 0 Å². The Morgan fingerprint density at radius 1 is 1.43 bits per heavy atom. The van der Waals surface area contributed by atoms with Crippen LogP contribution >= 0.6 is 0 Å². The predicted molar refractivity (Wildman–Crippen MR) is 81.9 cm³/mol. The van der Waals surface area contributed by atoms with E-state index in [1.54, 1.807) is 6.92 Å². The number of aryl methyl sites for hydroxylation is 1. The number of amides is 2. The largest absolute Gasteiger partial charge is 0.438 e. The number of carbonyl (C=O) groups excluding carboxylic acids is 2. The Hall–Kier alpha value is -1.89. The van der Waals surface area contributed by atoms with Gasteiger partial charge in [0.2, 0.25) is 11.7 Å². The molecule has 2 aliphatic rings. The predicted octanol–water partition coefficient (Wildman–Crippen LogP) is 1.13. The molecule has 1 aliphatic carbocycles. The van der Waals surface area contributed by atoms with Crippen LogP contribution in [0.4, 0.5) is 0 Å². The molecule has 0 aromatic carbocycles. The maximum atomic E-state index is 12.4. The summed E-state index contributed by atoms with van der Waals surface area (Å²) in [5.74, 6) is 0.181. The number of oxazole rings is 1. The number of hydrogen-bond donors (Lipinski definition) is 1. The molecule has 2 heterocycles. The van der Waals surface area contributed by atoms with Crippen molar-refractivity contribution in [2.24, 2.45) is 5.41 Å². The zero-order valence-electron chi connectivity index (χ0n) is 13.6. The highest BCUT2D eigenvalue weighted by Crippen LogP contribution is 2.49. The van der Waals surface area contributed by atoms with Crippen molar-refractivity contribution in [3.63, 3.8) is 0 Å². The fourth-order valence-corrected chi connectivity index (χ4v) is 3.69. The molecule has 7 heteroatoms. The van der Waals surface area contributed by atoms with Gasteiger partial charge in [-0.25, -0.2) is 4.98 Å². The van der Waals surface area contributed by atoms with Crippen molar-refractivity contribution in [2.45, 2.75) is 38.6 Å². The molecule has 1 aliphatic heterocycles. The number of carbonyl (C=O) groups is 2. The third kappa shape index (κ3) is 2.97. The molecule has 3 rings (SSSR count). The summed E-state index contributed by atoms with van der Waals surface area (Å²) in [6, 6.07) is 0.203. The first kappa shape index (κ1) is 16.0. The first-order chi connectivity index (χ1) is 11.1. The molecule has 2 amide bonds. The van der Waals surface area contributed by atoms with Crippen LogP contribution in [0.25, 0.3) is 0 Å². The van der Waals surface area contributed by atoms with Gasteiger partial charge in [-0.1, -0.05) is 0 Å². The summed E-state index contributed by atoms with van der Waals surface area (Å²) < 4.78 is 10.1. The standard InChI is InChI=1S/C16H23N3O4/c1-11-14(23-10-17-11)15(21)19-7-5-16(6-8-19)4-3-12(16)18-13(20)9-22-2/h10,12H,3-9H2,1-2H3,(H,18,20). The highest BCUT2D eigenvalue weighted by molar-refractivity contribution is 5.92. The van der Waals surface area contributed by atoms with Crippen LogP contribution in [0.15, 0.2) is 10.8 Å². The minimum absolute atomic E-state index is 0.0626. The summed E-state index contributed by atoms with van der Waals surface area (Å²) in [6.45, 7) is 3.25. The lowest BCUT2D eigenvalue weighted by molar-refractivity contribution is -0.129. The number of hydrogen-bond acceptors (Lipinski definition) is 5. The zero-order chi connectivity index (χ0) is 16.4. The van der Waals surface area contributed by atoms with E-state index in [9.17, 15) is 9.59 Å². The van der Waals surface area contributed by atoms with Gasteiger partial charge in [0.05, 0.1) is 5.69 Å². The summed E-state index contributed by atoms with van der Waals surface area (Å²) in [7, 11) is 1.52. The lowest BCUT2D eigenvalue weighted by atomic mass is 9.59. The van der Waals surface area contributed by atoms with Gasteiger partial charge in [-0.2, -0.15) is 0 Å². The summed E-state index contributed by atoms with van der Waals surface area (Å²) in [5.41, 5.74) is 0.764. The normalized spacial score (nSPS) is 22.7. The van der Waals surface area contributed by atoms with E-state index < -0.39 is 0 Å². The molecule has 1 saturated heterocycles. The SMILES string of the molecule is COCC(=O)NC1CCC12CCN(C(=O)c1ocnc1C)CC2. The van der Waals surface area contributed by atoms with Gasteiger partial charge in [0.15, 0.2) is 6.39 Å². The van der Waals surface area contributed by atoms with E-state index in [4.69, 9.17) is 9.15 Å². The van der Waals surface area contributed by atoms with Crippen LogP contribution in [0.3, 0.4) is 0 Å². The summed E-state index contributed by atoms with van der Waals surface area (Å²) in [6.07, 6.45) is 5.23. The molecule has 2 fully saturated rings. The zero-order valence-corrected chi connectivity index (χ0v) is 13.6. The second-order valence-electron chi connectivity index (χ2n) is 6.51. The molecular weight excluding hydrogens is 298 g/mol. The van der Waals surface area contributed by atoms with Gasteiger partial charge in [0.1, 0.15) is 6.61 Å². The first-order valence-electron chi connectivity index (χ1n) is 8.03. The number of nitrogens with zero attached hydrogens (tertiary/aromatic N) is 2. The molecule has 0 bridgehead atoms. The maximum Gasteiger partial charge on any atom is 0.291 e. The number of piperidine rings is 1. The van der Waals surface area contributed by atoms with E-state index in [0.29, 0.717) is 24.5 Å². The minimum atomic E-state index is -0.0888. The number of likely N-dealkylation sites (tertiary alicyclic amines) is 1. The fourth-order valence-electron chi connectivity index (χ4n) is 3.69. The molecule has 1 N–H and O–H groups in total. The molecule has 23 heavy (non-hydrogen) atoms. The second-order valence-corrected chi connectivity index (χ2v) is 6.51. The van der Waals surface area contributed by atoms with E-state index in [-0.39, 0.29) is 29.9 Å². The fraction of sp³-hybridized carbons (Fsp3) is 0.688. The maximum absolute atomic E-state index is 12.4. The topological polar surface area (TPSA) is 84.7 Å². The molecular formula is C16H23N3O4. The van der Waals surface area contributed by atoms with Crippen LogP contribution in [-0.2, 0) is 9.53 Å². The second kappa shape index (κ2) is 6.31. The molecule has 1 spiro atoms. The molecule has 7 nitrogen and oxygen atoms in total. The van der Waals surface area contributed by atoms with Crippen LogP contribution in [0.5, 0.6) is 0 Å². The van der Waals surface area contributed by atoms with Gasteiger partial charge in [-0.3, -0.25) is 9.59 Å². The summed E-state index contributed by atoms with van der Waals surface area (Å²) in [5, 5.41) is 3.06. The van der Waals surface area contributed by atoms with Gasteiger partial charge >= 0.3 is 0 Å². The Kier molecular flexibility index (Phi) is 4.39. The van der Waals surface area contributed by atoms with Gasteiger partial charge in [-0.15, -0.1) is 0 Å². The summed E-state index contributed by atoms with van der Waals surface area (Å²) >= 11 is 0. The number of methoxy groups -OCH3 is 1. The third-order valence-electron chi connectivity index (χ3n) is 5.27. The molecule has 1 unspecified atom stereocenters. The number of aromatic nitrogens is 1. The average molecular weight is 321 g/mol. The van der Waals surface area contributed by atoms with Crippen LogP contribution in [0, 0.1) is 12.3 Å². The van der Waals surface area contributed by atoms with E-state index >= 15 is 0 Å². The first-order valence-corrected chi connectivity index (χ1v) is 8.03. The molecule has 1 aromatic heterocycles. The highest BCUT2D eigenvalue weighted by Gasteiger charge is 2.49. The van der Waals surface area contributed by atoms with Crippen molar-refractivity contribution in [1.82, 2.24) is 15.2 Å². The number of ether oxygens (including phenoxy) is 1. The van der Waals surface area contributed by atoms with Crippen molar-refractivity contribution >= 4 is 11.8 Å². The smallest absolute Gasteiger partial charge is 0.291 e. The van der Waals surface area contributed by atoms with Crippen LogP contribution in [-0.4, -0.2) is 54.5 Å². The Balaban J connectivity index is 1.57. The van der Waals surface area contributed by atoms with Crippen molar-refractivity contribution in [3.8, 4) is 0 Å². The Morgan fingerprint density at radius 2 is 2.17 bits per heavy atom. The van der Waals surface area contributed by atoms with Crippen LogP contribution in [0.1, 0.15) is 41.9 Å². The number of rotatable bonds is 4. The Labute approximate surface area is 135 Å². The third-order valence-corrected chi connectivity index (χ3v) is 5.27. The average Bonchev–Trinajstić information content (AvgIpc) is 2.97. The molecule has 126 valence electrons. The molecule has 1 atom stereocenters. The van der Waals surface area contributed by atoms with E-state index in [1.165, 1.54) is 13.5 Å². The van der Waals surface area contributed by atoms with E-state index in [0.717, 1.165) is 25.7 Å². The summed E-state index contributed by atoms with van der Waals surface area (Å²) in [4.78, 5) is 30.0. The molecule has 1 aromatic rings. The molecule has 0 radical (unpaired) electrons. The lowest BCUT2D eigenvalue weighted by Gasteiger charge is -2.54. The van der Waals surface area contributed by atoms with Crippen molar-refractivity contribution < 1.29 is 18.7 Å². The Bertz CT molecular complexity index is 590. The van der Waals surface area contributed by atoms with E-state index in [2.05, 4.69) is 10.3 Å². The monoisotopic (exact) mass is 321 g/mol. The minimum Gasteiger partial charge on any atom is -0.438 e. The van der Waals surface area contributed by atoms with Crippen LogP contribution in [0.2, 0.25) is 0 Å².